The van der Waals surface area contributed by atoms with Gasteiger partial charge in [0.2, 0.25) is 0 Å². The fraction of sp³-hybridized carbons (Fsp3) is 0.400. The van der Waals surface area contributed by atoms with Gasteiger partial charge in [-0.05, 0) is 17.0 Å². The quantitative estimate of drug-likeness (QED) is 0.629. The highest BCUT2D eigenvalue weighted by Crippen LogP contribution is 2.19. The molecule has 0 saturated carbocycles. The Hall–Kier alpha value is -1.18. The molecule has 64 valence electrons. The molecule has 12 heavy (non-hydrogen) atoms. The predicted octanol–water partition coefficient (Wildman–Crippen LogP) is 3.08. The summed E-state index contributed by atoms with van der Waals surface area (Å²) in [7, 11) is 0. The summed E-state index contributed by atoms with van der Waals surface area (Å²) in [5, 5.41) is 2.90. The lowest BCUT2D eigenvalue weighted by Crippen LogP contribution is -1.94. The Morgan fingerprint density at radius 3 is 2.58 bits per heavy atom. The fourth-order valence-electron chi connectivity index (χ4n) is 1.31. The summed E-state index contributed by atoms with van der Waals surface area (Å²) in [5.74, 6) is 0.461. The number of hydrogen-bond acceptors (Lipinski definition) is 2. The lowest BCUT2D eigenvalue weighted by atomic mass is 9.97. The predicted molar refractivity (Wildman–Crippen MR) is 50.0 cm³/mol. The number of nitrogens with zero attached hydrogens (tertiary/aromatic N) is 1. The van der Waals surface area contributed by atoms with Gasteiger partial charge in [-0.25, -0.2) is 0 Å². The minimum Gasteiger partial charge on any atom is -0.150 e. The fourth-order valence-corrected chi connectivity index (χ4v) is 1.31. The van der Waals surface area contributed by atoms with Crippen molar-refractivity contribution in [2.75, 3.05) is 0 Å². The first-order chi connectivity index (χ1) is 5.75. The second-order valence-electron chi connectivity index (χ2n) is 3.14. The van der Waals surface area contributed by atoms with Crippen molar-refractivity contribution in [3.05, 3.63) is 40.3 Å². The van der Waals surface area contributed by atoms with Crippen LogP contribution in [0, 0.1) is 4.91 Å². The van der Waals surface area contributed by atoms with Crippen LogP contribution < -0.4 is 0 Å². The molecule has 0 spiro atoms. The summed E-state index contributed by atoms with van der Waals surface area (Å²) >= 11 is 0. The molecule has 2 heteroatoms. The molecule has 0 amide bonds. The molecular weight excluding hydrogens is 150 g/mol. The van der Waals surface area contributed by atoms with E-state index in [4.69, 9.17) is 0 Å². The molecule has 0 aliphatic carbocycles. The van der Waals surface area contributed by atoms with E-state index < -0.39 is 0 Å². The highest BCUT2D eigenvalue weighted by molar-refractivity contribution is 5.29. The van der Waals surface area contributed by atoms with Crippen molar-refractivity contribution in [2.24, 2.45) is 5.18 Å². The Bertz CT molecular complexity index is 268. The van der Waals surface area contributed by atoms with Gasteiger partial charge in [0.05, 0.1) is 0 Å². The Morgan fingerprint density at radius 1 is 1.33 bits per heavy atom. The molecule has 0 saturated heterocycles. The smallest absolute Gasteiger partial charge is 0.106 e. The Kier molecular flexibility index (Phi) is 2.97. The zero-order valence-corrected chi connectivity index (χ0v) is 7.45. The van der Waals surface area contributed by atoms with Crippen LogP contribution in [0.25, 0.3) is 0 Å². The van der Waals surface area contributed by atoms with Crippen LogP contribution in [0.4, 0.5) is 0 Å². The molecule has 0 aromatic heterocycles. The summed E-state index contributed by atoms with van der Waals surface area (Å²) in [4.78, 5) is 10.1. The molecular formula is C10H13NO. The number of rotatable bonds is 3. The minimum absolute atomic E-state index is 0.286. The van der Waals surface area contributed by atoms with Gasteiger partial charge in [-0.1, -0.05) is 43.3 Å². The molecule has 0 radical (unpaired) electrons. The van der Waals surface area contributed by atoms with E-state index in [1.165, 1.54) is 5.56 Å². The average molecular weight is 163 g/mol. The Morgan fingerprint density at radius 2 is 2.00 bits per heavy atom. The summed E-state index contributed by atoms with van der Waals surface area (Å²) < 4.78 is 0. The standard InChI is InChI=1S/C10H13NO/c1-8(2)10-6-4-3-5-9(10)7-11-12/h3-6,8H,7H2,1-2H3. The van der Waals surface area contributed by atoms with Gasteiger partial charge >= 0.3 is 0 Å². The van der Waals surface area contributed by atoms with Crippen LogP contribution >= 0.6 is 0 Å². The van der Waals surface area contributed by atoms with Crippen LogP contribution in [0.1, 0.15) is 30.9 Å². The van der Waals surface area contributed by atoms with E-state index in [0.717, 1.165) is 5.56 Å². The second-order valence-corrected chi connectivity index (χ2v) is 3.14. The maximum Gasteiger partial charge on any atom is 0.106 e. The third kappa shape index (κ3) is 1.91. The van der Waals surface area contributed by atoms with E-state index in [0.29, 0.717) is 5.92 Å². The Balaban J connectivity index is 2.99. The van der Waals surface area contributed by atoms with Crippen LogP contribution in [-0.4, -0.2) is 0 Å². The molecule has 0 bridgehead atoms. The van der Waals surface area contributed by atoms with Crippen molar-refractivity contribution in [3.8, 4) is 0 Å². The summed E-state index contributed by atoms with van der Waals surface area (Å²) in [6.07, 6.45) is 0. The molecule has 0 N–H and O–H groups in total. The van der Waals surface area contributed by atoms with Crippen molar-refractivity contribution in [2.45, 2.75) is 26.3 Å². The molecule has 1 aromatic rings. The molecule has 0 unspecified atom stereocenters. The third-order valence-electron chi connectivity index (χ3n) is 1.91. The maximum atomic E-state index is 10.1. The van der Waals surface area contributed by atoms with Crippen molar-refractivity contribution in [1.29, 1.82) is 0 Å². The van der Waals surface area contributed by atoms with Crippen molar-refractivity contribution in [3.63, 3.8) is 0 Å². The minimum atomic E-state index is 0.286. The van der Waals surface area contributed by atoms with Crippen molar-refractivity contribution in [1.82, 2.24) is 0 Å². The molecule has 0 fully saturated rings. The molecule has 0 heterocycles. The number of hydrogen-bond donors (Lipinski definition) is 0. The van der Waals surface area contributed by atoms with Crippen molar-refractivity contribution < 1.29 is 0 Å². The summed E-state index contributed by atoms with van der Waals surface area (Å²) in [5.41, 5.74) is 2.26. The van der Waals surface area contributed by atoms with Crippen LogP contribution in [0.5, 0.6) is 0 Å². The van der Waals surface area contributed by atoms with Gasteiger partial charge in [-0.3, -0.25) is 0 Å². The highest BCUT2D eigenvalue weighted by atomic mass is 16.3. The van der Waals surface area contributed by atoms with E-state index in [1.54, 1.807) is 0 Å². The second kappa shape index (κ2) is 4.00. The van der Waals surface area contributed by atoms with E-state index in [1.807, 2.05) is 24.3 Å². The van der Waals surface area contributed by atoms with Gasteiger partial charge in [0.25, 0.3) is 0 Å². The first kappa shape index (κ1) is 8.91. The van der Waals surface area contributed by atoms with Gasteiger partial charge in [0, 0.05) is 0 Å². The SMILES string of the molecule is CC(C)c1ccccc1CN=O. The van der Waals surface area contributed by atoms with Crippen LogP contribution in [0.15, 0.2) is 29.4 Å². The molecule has 0 aliphatic rings. The van der Waals surface area contributed by atoms with E-state index >= 15 is 0 Å². The molecule has 1 rings (SSSR count). The third-order valence-corrected chi connectivity index (χ3v) is 1.91. The van der Waals surface area contributed by atoms with Crippen LogP contribution in [0.2, 0.25) is 0 Å². The highest BCUT2D eigenvalue weighted by Gasteiger charge is 2.04. The van der Waals surface area contributed by atoms with Gasteiger partial charge in [0.1, 0.15) is 6.54 Å². The Labute approximate surface area is 72.6 Å². The topological polar surface area (TPSA) is 29.4 Å². The normalized spacial score (nSPS) is 10.2. The summed E-state index contributed by atoms with van der Waals surface area (Å²) in [6, 6.07) is 7.93. The van der Waals surface area contributed by atoms with Crippen LogP contribution in [-0.2, 0) is 6.54 Å². The van der Waals surface area contributed by atoms with Gasteiger partial charge in [0.15, 0.2) is 0 Å². The molecule has 2 nitrogen and oxygen atoms in total. The van der Waals surface area contributed by atoms with Gasteiger partial charge in [-0.15, -0.1) is 0 Å². The van der Waals surface area contributed by atoms with E-state index in [-0.39, 0.29) is 6.54 Å². The van der Waals surface area contributed by atoms with E-state index in [2.05, 4.69) is 19.0 Å². The largest absolute Gasteiger partial charge is 0.150 e. The average Bonchev–Trinajstić information content (AvgIpc) is 2.05. The van der Waals surface area contributed by atoms with Crippen molar-refractivity contribution >= 4 is 0 Å². The zero-order valence-electron chi connectivity index (χ0n) is 7.45. The van der Waals surface area contributed by atoms with Gasteiger partial charge in [-0.2, -0.15) is 4.91 Å². The molecule has 0 atom stereocenters. The first-order valence-electron chi connectivity index (χ1n) is 4.12. The molecule has 0 aliphatic heterocycles. The van der Waals surface area contributed by atoms with Crippen LogP contribution in [0.3, 0.4) is 0 Å². The molecule has 1 aromatic carbocycles. The number of benzene rings is 1. The zero-order chi connectivity index (χ0) is 8.97. The maximum absolute atomic E-state index is 10.1. The lowest BCUT2D eigenvalue weighted by Gasteiger charge is -2.08. The summed E-state index contributed by atoms with van der Waals surface area (Å²) in [6.45, 7) is 4.52. The number of nitroso groups, excluding NO2 is 1. The first-order valence-corrected chi connectivity index (χ1v) is 4.12. The monoisotopic (exact) mass is 163 g/mol. The van der Waals surface area contributed by atoms with E-state index in [9.17, 15) is 4.91 Å². The lowest BCUT2D eigenvalue weighted by molar-refractivity contribution is 0.839. The van der Waals surface area contributed by atoms with Gasteiger partial charge < -0.3 is 0 Å².